The van der Waals surface area contributed by atoms with E-state index in [1.807, 2.05) is 18.2 Å². The number of aromatic amines is 2. The Bertz CT molecular complexity index is 1960. The van der Waals surface area contributed by atoms with Crippen LogP contribution < -0.4 is 4.74 Å². The number of aromatic nitrogens is 2. The predicted molar refractivity (Wildman–Crippen MR) is 169 cm³/mol. The number of hydrogen-bond acceptors (Lipinski definition) is 2. The van der Waals surface area contributed by atoms with Crippen molar-refractivity contribution in [2.75, 3.05) is 0 Å². The maximum atomic E-state index is 10.6. The van der Waals surface area contributed by atoms with Crippen LogP contribution in [0.1, 0.15) is 44.4 Å². The van der Waals surface area contributed by atoms with Gasteiger partial charge in [0.15, 0.2) is 0 Å². The van der Waals surface area contributed by atoms with Crippen LogP contribution in [0.25, 0.3) is 43.6 Å². The monoisotopic (exact) mass is 548 g/mol. The molecule has 4 nitrogen and oxygen atoms in total. The second-order valence-electron chi connectivity index (χ2n) is 11.0. The number of ether oxygens (including phenoxy) is 1. The van der Waals surface area contributed by atoms with Gasteiger partial charge < -0.3 is 19.8 Å². The Morgan fingerprint density at radius 1 is 0.725 bits per heavy atom. The molecule has 202 valence electrons. The summed E-state index contributed by atoms with van der Waals surface area (Å²) in [4.78, 5) is 7.16. The fourth-order valence-corrected chi connectivity index (χ4v) is 5.63. The molecule has 6 rings (SSSR count). The molecule has 0 unspecified atom stereocenters. The third kappa shape index (κ3) is 4.84. The van der Waals surface area contributed by atoms with Crippen molar-refractivity contribution in [1.29, 1.82) is 0 Å². The SMILES string of the molecule is CC(C)=CCc1c(O)ccc2c1[nH]c1cc(COc3ccc4c([nH]c5cc(Cl)ccc54)c3CC=C(C)C)ccc12. The lowest BCUT2D eigenvalue weighted by Crippen LogP contribution is -1.99. The first-order valence-corrected chi connectivity index (χ1v) is 14.0. The maximum Gasteiger partial charge on any atom is 0.125 e. The number of benzene rings is 4. The molecule has 0 aliphatic carbocycles. The van der Waals surface area contributed by atoms with Crippen molar-refractivity contribution in [2.24, 2.45) is 0 Å². The third-order valence-corrected chi connectivity index (χ3v) is 7.78. The van der Waals surface area contributed by atoms with Crippen molar-refractivity contribution in [3.63, 3.8) is 0 Å². The van der Waals surface area contributed by atoms with Gasteiger partial charge in [-0.25, -0.2) is 0 Å². The lowest BCUT2D eigenvalue weighted by molar-refractivity contribution is 0.304. The number of phenolic OH excluding ortho intramolecular Hbond substituents is 1. The summed E-state index contributed by atoms with van der Waals surface area (Å²) < 4.78 is 6.48. The normalized spacial score (nSPS) is 11.5. The van der Waals surface area contributed by atoms with Gasteiger partial charge in [0.1, 0.15) is 18.1 Å². The largest absolute Gasteiger partial charge is 0.508 e. The van der Waals surface area contributed by atoms with Crippen molar-refractivity contribution in [1.82, 2.24) is 9.97 Å². The van der Waals surface area contributed by atoms with Crippen LogP contribution in [0.15, 0.2) is 84.0 Å². The third-order valence-electron chi connectivity index (χ3n) is 7.55. The van der Waals surface area contributed by atoms with E-state index in [2.05, 4.69) is 86.2 Å². The molecule has 0 fully saturated rings. The van der Waals surface area contributed by atoms with Gasteiger partial charge in [0, 0.05) is 48.7 Å². The van der Waals surface area contributed by atoms with E-state index in [1.165, 1.54) is 16.5 Å². The molecule has 0 bridgehead atoms. The fraction of sp³-hybridized carbons (Fsp3) is 0.200. The van der Waals surface area contributed by atoms with E-state index < -0.39 is 0 Å². The number of halogens is 1. The summed E-state index contributed by atoms with van der Waals surface area (Å²) in [7, 11) is 0. The van der Waals surface area contributed by atoms with E-state index in [4.69, 9.17) is 16.3 Å². The summed E-state index contributed by atoms with van der Waals surface area (Å²) >= 11 is 6.28. The predicted octanol–water partition coefficient (Wildman–Crippen LogP) is 9.91. The number of fused-ring (bicyclic) bond motifs is 6. The van der Waals surface area contributed by atoms with Crippen LogP contribution in [0, 0.1) is 0 Å². The quantitative estimate of drug-likeness (QED) is 0.174. The van der Waals surface area contributed by atoms with E-state index >= 15 is 0 Å². The van der Waals surface area contributed by atoms with Crippen molar-refractivity contribution in [3.8, 4) is 11.5 Å². The van der Waals surface area contributed by atoms with Crippen LogP contribution in [0.3, 0.4) is 0 Å². The summed E-state index contributed by atoms with van der Waals surface area (Å²) in [5, 5.41) is 15.9. The lowest BCUT2D eigenvalue weighted by atomic mass is 10.0. The van der Waals surface area contributed by atoms with E-state index in [1.54, 1.807) is 6.07 Å². The average molecular weight is 549 g/mol. The minimum absolute atomic E-state index is 0.318. The number of hydrogen-bond donors (Lipinski definition) is 3. The molecule has 5 heteroatoms. The molecule has 2 aromatic heterocycles. The molecule has 3 N–H and O–H groups in total. The molecule has 0 saturated heterocycles. The molecule has 0 atom stereocenters. The Balaban J connectivity index is 1.36. The summed E-state index contributed by atoms with van der Waals surface area (Å²) in [5.74, 6) is 1.19. The molecule has 40 heavy (non-hydrogen) atoms. The summed E-state index contributed by atoms with van der Waals surface area (Å²) in [6.45, 7) is 8.83. The second-order valence-corrected chi connectivity index (χ2v) is 11.5. The smallest absolute Gasteiger partial charge is 0.125 e. The Labute approximate surface area is 238 Å². The minimum atomic E-state index is 0.318. The number of allylic oxidation sites excluding steroid dienone is 4. The van der Waals surface area contributed by atoms with Gasteiger partial charge in [-0.05, 0) is 88.6 Å². The van der Waals surface area contributed by atoms with Crippen molar-refractivity contribution >= 4 is 55.2 Å². The Hall–Kier alpha value is -4.15. The second kappa shape index (κ2) is 10.4. The van der Waals surface area contributed by atoms with Crippen LogP contribution in [-0.4, -0.2) is 15.1 Å². The molecular formula is C35H33ClN2O2. The Morgan fingerprint density at radius 2 is 1.30 bits per heavy atom. The van der Waals surface area contributed by atoms with Gasteiger partial charge in [-0.2, -0.15) is 0 Å². The molecule has 6 aromatic rings. The zero-order chi connectivity index (χ0) is 28.0. The van der Waals surface area contributed by atoms with Gasteiger partial charge in [0.05, 0.1) is 11.0 Å². The lowest BCUT2D eigenvalue weighted by Gasteiger charge is -2.12. The van der Waals surface area contributed by atoms with E-state index in [-0.39, 0.29) is 0 Å². The zero-order valence-corrected chi connectivity index (χ0v) is 24.0. The van der Waals surface area contributed by atoms with Crippen LogP contribution in [0.2, 0.25) is 5.02 Å². The number of rotatable bonds is 7. The van der Waals surface area contributed by atoms with E-state index in [9.17, 15) is 5.11 Å². The van der Waals surface area contributed by atoms with E-state index in [0.29, 0.717) is 23.8 Å². The molecular weight excluding hydrogens is 516 g/mol. The van der Waals surface area contributed by atoms with Gasteiger partial charge in [-0.15, -0.1) is 0 Å². The van der Waals surface area contributed by atoms with Gasteiger partial charge in [0.25, 0.3) is 0 Å². The Kier molecular flexibility index (Phi) is 6.81. The topological polar surface area (TPSA) is 61.0 Å². The van der Waals surface area contributed by atoms with E-state index in [0.717, 1.165) is 67.1 Å². The zero-order valence-electron chi connectivity index (χ0n) is 23.3. The van der Waals surface area contributed by atoms with Crippen LogP contribution in [0.4, 0.5) is 0 Å². The van der Waals surface area contributed by atoms with Crippen LogP contribution >= 0.6 is 11.6 Å². The Morgan fingerprint density at radius 3 is 2.00 bits per heavy atom. The molecule has 2 heterocycles. The van der Waals surface area contributed by atoms with Gasteiger partial charge in [-0.1, -0.05) is 53.1 Å². The number of phenols is 1. The molecule has 0 aliphatic heterocycles. The highest BCUT2D eigenvalue weighted by molar-refractivity contribution is 6.31. The summed E-state index contributed by atoms with van der Waals surface area (Å²) in [6.07, 6.45) is 5.84. The minimum Gasteiger partial charge on any atom is -0.508 e. The first kappa shape index (κ1) is 26.1. The number of aromatic hydroxyl groups is 1. The van der Waals surface area contributed by atoms with Crippen LogP contribution in [0.5, 0.6) is 11.5 Å². The molecule has 0 radical (unpaired) electrons. The summed E-state index contributed by atoms with van der Waals surface area (Å²) in [6, 6.07) is 20.4. The van der Waals surface area contributed by atoms with Crippen LogP contribution in [-0.2, 0) is 19.4 Å². The molecule has 0 aliphatic rings. The fourth-order valence-electron chi connectivity index (χ4n) is 5.46. The number of H-pyrrole nitrogens is 2. The molecule has 0 saturated carbocycles. The average Bonchev–Trinajstić information content (AvgIpc) is 3.47. The number of nitrogens with one attached hydrogen (secondary N) is 2. The highest BCUT2D eigenvalue weighted by Crippen LogP contribution is 2.36. The first-order chi connectivity index (χ1) is 19.3. The summed E-state index contributed by atoms with van der Waals surface area (Å²) in [5.41, 5.74) is 9.75. The van der Waals surface area contributed by atoms with Crippen molar-refractivity contribution < 1.29 is 9.84 Å². The molecule has 0 amide bonds. The molecule has 4 aromatic carbocycles. The van der Waals surface area contributed by atoms with Gasteiger partial charge >= 0.3 is 0 Å². The maximum absolute atomic E-state index is 10.6. The van der Waals surface area contributed by atoms with Gasteiger partial charge in [-0.3, -0.25) is 0 Å². The van der Waals surface area contributed by atoms with Crippen molar-refractivity contribution in [2.45, 2.75) is 47.1 Å². The highest BCUT2D eigenvalue weighted by atomic mass is 35.5. The van der Waals surface area contributed by atoms with Crippen molar-refractivity contribution in [3.05, 3.63) is 106 Å². The standard InChI is InChI=1S/C35H33ClN2O2/c1-20(2)5-9-28-32(39)15-13-26-24-11-7-22(17-30(24)37-34(26)28)19-40-33-16-14-27-25-12-8-23(36)18-31(25)38-35(27)29(33)10-6-21(3)4/h5-8,11-18,37-39H,9-10,19H2,1-4H3. The first-order valence-electron chi connectivity index (χ1n) is 13.7. The highest BCUT2D eigenvalue weighted by Gasteiger charge is 2.15. The van der Waals surface area contributed by atoms with Gasteiger partial charge in [0.2, 0.25) is 0 Å². The molecule has 0 spiro atoms.